The van der Waals surface area contributed by atoms with Gasteiger partial charge < -0.3 is 9.63 Å². The predicted molar refractivity (Wildman–Crippen MR) is 52.6 cm³/mol. The van der Waals surface area contributed by atoms with Crippen LogP contribution in [0.25, 0.3) is 11.3 Å². The van der Waals surface area contributed by atoms with Crippen LogP contribution in [0.4, 0.5) is 4.39 Å². The second-order valence-electron chi connectivity index (χ2n) is 3.24. The fourth-order valence-electron chi connectivity index (χ4n) is 1.40. The van der Waals surface area contributed by atoms with Crippen LogP contribution in [-0.2, 0) is 6.61 Å². The van der Waals surface area contributed by atoms with Crippen molar-refractivity contribution in [3.05, 3.63) is 41.3 Å². The molecule has 78 valence electrons. The van der Waals surface area contributed by atoms with Gasteiger partial charge in [-0.1, -0.05) is 5.16 Å². The van der Waals surface area contributed by atoms with Gasteiger partial charge in [-0.05, 0) is 31.2 Å². The molecular weight excluding hydrogens is 197 g/mol. The molecule has 0 unspecified atom stereocenters. The van der Waals surface area contributed by atoms with Crippen LogP contribution >= 0.6 is 0 Å². The quantitative estimate of drug-likeness (QED) is 0.821. The van der Waals surface area contributed by atoms with Crippen LogP contribution in [0.15, 0.2) is 28.8 Å². The van der Waals surface area contributed by atoms with Gasteiger partial charge in [0, 0.05) is 11.1 Å². The molecule has 2 aromatic rings. The molecule has 4 heteroatoms. The molecule has 1 N–H and O–H groups in total. The number of aliphatic hydroxyl groups excluding tert-OH is 1. The number of halogens is 1. The Morgan fingerprint density at radius 3 is 2.60 bits per heavy atom. The molecule has 0 radical (unpaired) electrons. The van der Waals surface area contributed by atoms with Gasteiger partial charge in [0.25, 0.3) is 0 Å². The first-order chi connectivity index (χ1) is 7.22. The highest BCUT2D eigenvalue weighted by molar-refractivity contribution is 5.61. The van der Waals surface area contributed by atoms with Crippen LogP contribution in [-0.4, -0.2) is 10.3 Å². The summed E-state index contributed by atoms with van der Waals surface area (Å²) in [6, 6.07) is 5.87. The molecule has 0 aliphatic carbocycles. The van der Waals surface area contributed by atoms with E-state index in [1.807, 2.05) is 0 Å². The lowest BCUT2D eigenvalue weighted by atomic mass is 10.1. The molecule has 1 aromatic heterocycles. The zero-order valence-electron chi connectivity index (χ0n) is 8.20. The van der Waals surface area contributed by atoms with Crippen molar-refractivity contribution in [2.45, 2.75) is 13.5 Å². The first-order valence-electron chi connectivity index (χ1n) is 4.54. The van der Waals surface area contributed by atoms with Crippen LogP contribution < -0.4 is 0 Å². The fraction of sp³-hybridized carbons (Fsp3) is 0.182. The monoisotopic (exact) mass is 207 g/mol. The van der Waals surface area contributed by atoms with E-state index in [9.17, 15) is 4.39 Å². The van der Waals surface area contributed by atoms with E-state index in [-0.39, 0.29) is 12.4 Å². The van der Waals surface area contributed by atoms with E-state index >= 15 is 0 Å². The van der Waals surface area contributed by atoms with E-state index < -0.39 is 0 Å². The van der Waals surface area contributed by atoms with Crippen molar-refractivity contribution in [3.8, 4) is 11.3 Å². The number of aromatic nitrogens is 1. The van der Waals surface area contributed by atoms with Crippen LogP contribution in [0.3, 0.4) is 0 Å². The van der Waals surface area contributed by atoms with Gasteiger partial charge in [-0.25, -0.2) is 4.39 Å². The summed E-state index contributed by atoms with van der Waals surface area (Å²) in [5, 5.41) is 12.9. The fourth-order valence-corrected chi connectivity index (χ4v) is 1.40. The second kappa shape index (κ2) is 3.82. The van der Waals surface area contributed by atoms with Crippen molar-refractivity contribution < 1.29 is 14.0 Å². The molecule has 0 fully saturated rings. The minimum Gasteiger partial charge on any atom is -0.391 e. The SMILES string of the molecule is Cc1noc(-c2ccc(F)cc2)c1CO. The summed E-state index contributed by atoms with van der Waals surface area (Å²) in [4.78, 5) is 0. The van der Waals surface area contributed by atoms with Crippen molar-refractivity contribution in [3.63, 3.8) is 0 Å². The zero-order chi connectivity index (χ0) is 10.8. The maximum absolute atomic E-state index is 12.7. The summed E-state index contributed by atoms with van der Waals surface area (Å²) >= 11 is 0. The number of hydrogen-bond donors (Lipinski definition) is 1. The summed E-state index contributed by atoms with van der Waals surface area (Å²) < 4.78 is 17.8. The Morgan fingerprint density at radius 2 is 2.00 bits per heavy atom. The van der Waals surface area contributed by atoms with Crippen molar-refractivity contribution in [2.75, 3.05) is 0 Å². The molecule has 0 saturated heterocycles. The van der Waals surface area contributed by atoms with Gasteiger partial charge in [-0.15, -0.1) is 0 Å². The van der Waals surface area contributed by atoms with E-state index in [1.54, 1.807) is 19.1 Å². The summed E-state index contributed by atoms with van der Waals surface area (Å²) in [7, 11) is 0. The van der Waals surface area contributed by atoms with Crippen LogP contribution in [0.5, 0.6) is 0 Å². The third-order valence-corrected chi connectivity index (χ3v) is 2.25. The van der Waals surface area contributed by atoms with Gasteiger partial charge in [-0.3, -0.25) is 0 Å². The van der Waals surface area contributed by atoms with Crippen molar-refractivity contribution >= 4 is 0 Å². The number of aryl methyl sites for hydroxylation is 1. The number of rotatable bonds is 2. The average molecular weight is 207 g/mol. The Labute approximate surface area is 86.1 Å². The van der Waals surface area contributed by atoms with E-state index in [2.05, 4.69) is 5.16 Å². The van der Waals surface area contributed by atoms with Crippen molar-refractivity contribution in [1.29, 1.82) is 0 Å². The maximum Gasteiger partial charge on any atom is 0.172 e. The largest absolute Gasteiger partial charge is 0.391 e. The first-order valence-corrected chi connectivity index (χ1v) is 4.54. The highest BCUT2D eigenvalue weighted by atomic mass is 19.1. The number of nitrogens with zero attached hydrogens (tertiary/aromatic N) is 1. The molecule has 1 heterocycles. The van der Waals surface area contributed by atoms with E-state index in [1.165, 1.54) is 12.1 Å². The number of hydrogen-bond acceptors (Lipinski definition) is 3. The lowest BCUT2D eigenvalue weighted by Gasteiger charge is -1.98. The topological polar surface area (TPSA) is 46.3 Å². The Bertz CT molecular complexity index is 462. The molecule has 0 atom stereocenters. The molecular formula is C11H10FNO2. The third kappa shape index (κ3) is 1.76. The molecule has 15 heavy (non-hydrogen) atoms. The zero-order valence-corrected chi connectivity index (χ0v) is 8.20. The van der Waals surface area contributed by atoms with E-state index in [0.29, 0.717) is 22.6 Å². The highest BCUT2D eigenvalue weighted by Crippen LogP contribution is 2.26. The van der Waals surface area contributed by atoms with Crippen LogP contribution in [0, 0.1) is 12.7 Å². The summed E-state index contributed by atoms with van der Waals surface area (Å²) in [5.41, 5.74) is 2.00. The van der Waals surface area contributed by atoms with E-state index in [0.717, 1.165) is 0 Å². The maximum atomic E-state index is 12.7. The van der Waals surface area contributed by atoms with E-state index in [4.69, 9.17) is 9.63 Å². The van der Waals surface area contributed by atoms with Crippen molar-refractivity contribution in [2.24, 2.45) is 0 Å². The highest BCUT2D eigenvalue weighted by Gasteiger charge is 2.13. The Balaban J connectivity index is 2.49. The normalized spacial score (nSPS) is 10.6. The molecule has 0 amide bonds. The van der Waals surface area contributed by atoms with Gasteiger partial charge in [0.1, 0.15) is 5.82 Å². The molecule has 0 aliphatic heterocycles. The Kier molecular flexibility index (Phi) is 2.51. The molecule has 2 rings (SSSR count). The summed E-state index contributed by atoms with van der Waals surface area (Å²) in [5.74, 6) is 0.190. The van der Waals surface area contributed by atoms with Crippen LogP contribution in [0.1, 0.15) is 11.3 Å². The summed E-state index contributed by atoms with van der Waals surface area (Å²) in [6.07, 6.45) is 0. The lowest BCUT2D eigenvalue weighted by Crippen LogP contribution is -1.87. The Morgan fingerprint density at radius 1 is 1.33 bits per heavy atom. The van der Waals surface area contributed by atoms with Gasteiger partial charge >= 0.3 is 0 Å². The van der Waals surface area contributed by atoms with Gasteiger partial charge in [-0.2, -0.15) is 0 Å². The van der Waals surface area contributed by atoms with Gasteiger partial charge in [0.2, 0.25) is 0 Å². The first kappa shape index (κ1) is 9.86. The molecule has 3 nitrogen and oxygen atoms in total. The Hall–Kier alpha value is -1.68. The molecule has 0 bridgehead atoms. The third-order valence-electron chi connectivity index (χ3n) is 2.25. The second-order valence-corrected chi connectivity index (χ2v) is 3.24. The molecule has 1 aromatic carbocycles. The smallest absolute Gasteiger partial charge is 0.172 e. The van der Waals surface area contributed by atoms with Crippen LogP contribution in [0.2, 0.25) is 0 Å². The average Bonchev–Trinajstić information content (AvgIpc) is 2.61. The lowest BCUT2D eigenvalue weighted by molar-refractivity contribution is 0.281. The minimum atomic E-state index is -0.305. The number of aliphatic hydroxyl groups is 1. The molecule has 0 saturated carbocycles. The molecule has 0 aliphatic rings. The molecule has 0 spiro atoms. The van der Waals surface area contributed by atoms with Gasteiger partial charge in [0.15, 0.2) is 5.76 Å². The predicted octanol–water partition coefficient (Wildman–Crippen LogP) is 2.28. The summed E-state index contributed by atoms with van der Waals surface area (Å²) in [6.45, 7) is 1.62. The number of benzene rings is 1. The van der Waals surface area contributed by atoms with Crippen molar-refractivity contribution in [1.82, 2.24) is 5.16 Å². The standard InChI is InChI=1S/C11H10FNO2/c1-7-10(6-14)11(15-13-7)8-2-4-9(12)5-3-8/h2-5,14H,6H2,1H3. The van der Waals surface area contributed by atoms with Gasteiger partial charge in [0.05, 0.1) is 12.3 Å². The minimum absolute atomic E-state index is 0.137.